The minimum Gasteiger partial charge on any atom is -0.208 e. The van der Waals surface area contributed by atoms with E-state index in [9.17, 15) is 10.5 Å². The smallest absolute Gasteiger partial charge is 0.164 e. The van der Waals surface area contributed by atoms with Crippen LogP contribution in [0.1, 0.15) is 11.1 Å². The summed E-state index contributed by atoms with van der Waals surface area (Å²) in [5.74, 6) is 1.66. The zero-order chi connectivity index (χ0) is 40.4. The number of nitriles is 2. The number of aromatic nitrogens is 3. The molecule has 0 unspecified atom stereocenters. The van der Waals surface area contributed by atoms with Crippen molar-refractivity contribution in [3.8, 4) is 90.8 Å². The monoisotopic (exact) mass is 763 g/mol. The minimum absolute atomic E-state index is 0.532. The molecule has 10 aromatic rings. The predicted octanol–water partition coefficient (Wildman–Crippen LogP) is 13.6. The Labute approximate surface area is 347 Å². The minimum atomic E-state index is 0.532. The summed E-state index contributed by atoms with van der Waals surface area (Å²) < 4.78 is 0. The van der Waals surface area contributed by atoms with Crippen LogP contribution in [0.5, 0.6) is 0 Å². The molecule has 0 spiro atoms. The van der Waals surface area contributed by atoms with Crippen molar-refractivity contribution < 1.29 is 0 Å². The zero-order valence-electron chi connectivity index (χ0n) is 32.3. The Balaban J connectivity index is 1.18. The van der Waals surface area contributed by atoms with E-state index in [2.05, 4.69) is 115 Å². The van der Waals surface area contributed by atoms with Crippen LogP contribution in [0.3, 0.4) is 0 Å². The third-order valence-corrected chi connectivity index (χ3v) is 11.1. The second-order valence-corrected chi connectivity index (χ2v) is 14.6. The molecule has 0 aliphatic rings. The lowest BCUT2D eigenvalue weighted by Gasteiger charge is -2.17. The highest BCUT2D eigenvalue weighted by Crippen LogP contribution is 2.42. The summed E-state index contributed by atoms with van der Waals surface area (Å²) in [5, 5.41) is 23.8. The van der Waals surface area contributed by atoms with E-state index in [1.807, 2.05) is 97.1 Å². The molecular weight excluding hydrogens is 731 g/mol. The fourth-order valence-corrected chi connectivity index (χ4v) is 8.05. The first kappa shape index (κ1) is 35.9. The van der Waals surface area contributed by atoms with E-state index in [1.165, 1.54) is 0 Å². The summed E-state index contributed by atoms with van der Waals surface area (Å²) in [4.78, 5) is 15.4. The van der Waals surface area contributed by atoms with Crippen molar-refractivity contribution in [1.82, 2.24) is 15.0 Å². The fourth-order valence-electron chi connectivity index (χ4n) is 8.05. The van der Waals surface area contributed by atoms with Crippen LogP contribution in [0.2, 0.25) is 0 Å². The molecule has 60 heavy (non-hydrogen) atoms. The van der Waals surface area contributed by atoms with Crippen molar-refractivity contribution in [3.05, 3.63) is 211 Å². The molecule has 0 aliphatic heterocycles. The number of fused-ring (bicyclic) bond motifs is 2. The molecule has 278 valence electrons. The maximum Gasteiger partial charge on any atom is 0.164 e. The van der Waals surface area contributed by atoms with Gasteiger partial charge < -0.3 is 0 Å². The molecule has 5 heteroatoms. The molecule has 0 fully saturated rings. The quantitative estimate of drug-likeness (QED) is 0.161. The first-order valence-electron chi connectivity index (χ1n) is 19.7. The molecule has 9 aromatic carbocycles. The number of nitrogens with zero attached hydrogens (tertiary/aromatic N) is 5. The van der Waals surface area contributed by atoms with Gasteiger partial charge in [0.25, 0.3) is 0 Å². The third kappa shape index (κ3) is 6.63. The van der Waals surface area contributed by atoms with Crippen LogP contribution in [0, 0.1) is 22.7 Å². The molecule has 1 aromatic heterocycles. The number of benzene rings is 9. The Morgan fingerprint density at radius 1 is 0.267 bits per heavy atom. The van der Waals surface area contributed by atoms with Crippen LogP contribution < -0.4 is 0 Å². The Morgan fingerprint density at radius 2 is 0.600 bits per heavy atom. The lowest BCUT2D eigenvalue weighted by atomic mass is 9.86. The van der Waals surface area contributed by atoms with E-state index in [1.54, 1.807) is 0 Å². The molecule has 0 amide bonds. The number of hydrogen-bond acceptors (Lipinski definition) is 5. The second kappa shape index (κ2) is 15.4. The van der Waals surface area contributed by atoms with Crippen LogP contribution in [0.4, 0.5) is 0 Å². The normalized spacial score (nSPS) is 11.0. The summed E-state index contributed by atoms with van der Waals surface area (Å²) in [6, 6.07) is 72.3. The SMILES string of the molecule is N#Cc1ccc(-c2ccc(-c3nc(-c4ccc(-c5ccccc5)cc4)nc(-c4ccc(-c5ccccc5)cc4)n3)cc2-c2ccc(C#N)c3ccccc23)c2ccccc12. The van der Waals surface area contributed by atoms with Gasteiger partial charge in [-0.2, -0.15) is 10.5 Å². The molecule has 0 radical (unpaired) electrons. The zero-order valence-corrected chi connectivity index (χ0v) is 32.3. The van der Waals surface area contributed by atoms with Gasteiger partial charge in [0.05, 0.1) is 23.3 Å². The Kier molecular flexibility index (Phi) is 9.23. The Hall–Kier alpha value is -8.51. The van der Waals surface area contributed by atoms with E-state index in [0.717, 1.165) is 82.7 Å². The molecule has 10 rings (SSSR count). The van der Waals surface area contributed by atoms with E-state index in [-0.39, 0.29) is 0 Å². The lowest BCUT2D eigenvalue weighted by Crippen LogP contribution is -2.01. The lowest BCUT2D eigenvalue weighted by molar-refractivity contribution is 1.07. The molecule has 0 atom stereocenters. The molecule has 5 nitrogen and oxygen atoms in total. The first-order chi connectivity index (χ1) is 29.6. The standard InChI is InChI=1S/C55H33N5/c56-34-43-28-31-49(47-17-9-7-15-45(43)47)51-30-27-42(33-52(51)50-32-29-44(35-57)46-16-8-10-18-48(46)50)55-59-53(40-23-19-38(20-24-40)36-11-3-1-4-12-36)58-54(60-55)41-25-21-39(22-26-41)37-13-5-2-6-14-37/h1-33H. The maximum absolute atomic E-state index is 10.1. The van der Waals surface area contributed by atoms with Crippen molar-refractivity contribution in [2.24, 2.45) is 0 Å². The largest absolute Gasteiger partial charge is 0.208 e. The molecule has 1 heterocycles. The van der Waals surface area contributed by atoms with Crippen molar-refractivity contribution in [1.29, 1.82) is 10.5 Å². The fraction of sp³-hybridized carbons (Fsp3) is 0. The highest BCUT2D eigenvalue weighted by molar-refractivity contribution is 6.07. The Bertz CT molecular complexity index is 3210. The summed E-state index contributed by atoms with van der Waals surface area (Å²) in [7, 11) is 0. The van der Waals surface area contributed by atoms with Gasteiger partial charge in [0, 0.05) is 27.5 Å². The average molecular weight is 764 g/mol. The summed E-state index contributed by atoms with van der Waals surface area (Å²) in [6.45, 7) is 0. The van der Waals surface area contributed by atoms with E-state index in [0.29, 0.717) is 28.6 Å². The van der Waals surface area contributed by atoms with Gasteiger partial charge in [0.1, 0.15) is 0 Å². The van der Waals surface area contributed by atoms with Crippen molar-refractivity contribution in [2.75, 3.05) is 0 Å². The van der Waals surface area contributed by atoms with Crippen LogP contribution in [0.15, 0.2) is 200 Å². The summed E-state index contributed by atoms with van der Waals surface area (Å²) in [6.07, 6.45) is 0. The van der Waals surface area contributed by atoms with E-state index < -0.39 is 0 Å². The van der Waals surface area contributed by atoms with Gasteiger partial charge >= 0.3 is 0 Å². The third-order valence-electron chi connectivity index (χ3n) is 11.1. The van der Waals surface area contributed by atoms with Gasteiger partial charge in [-0.3, -0.25) is 0 Å². The molecular formula is C55H33N5. The summed E-state index contributed by atoms with van der Waals surface area (Å²) >= 11 is 0. The van der Waals surface area contributed by atoms with Crippen LogP contribution in [-0.2, 0) is 0 Å². The van der Waals surface area contributed by atoms with Gasteiger partial charge in [-0.1, -0.05) is 182 Å². The van der Waals surface area contributed by atoms with E-state index >= 15 is 0 Å². The van der Waals surface area contributed by atoms with Gasteiger partial charge in [-0.05, 0) is 73.5 Å². The van der Waals surface area contributed by atoms with Crippen LogP contribution in [0.25, 0.3) is 100 Å². The topological polar surface area (TPSA) is 86.2 Å². The highest BCUT2D eigenvalue weighted by atomic mass is 15.0. The maximum atomic E-state index is 10.1. The average Bonchev–Trinajstić information content (AvgIpc) is 3.33. The summed E-state index contributed by atoms with van der Waals surface area (Å²) in [5.41, 5.74) is 12.2. The number of rotatable bonds is 7. The van der Waals surface area contributed by atoms with Gasteiger partial charge in [-0.25, -0.2) is 15.0 Å². The van der Waals surface area contributed by atoms with Crippen LogP contribution in [-0.4, -0.2) is 15.0 Å². The van der Waals surface area contributed by atoms with Crippen molar-refractivity contribution in [3.63, 3.8) is 0 Å². The molecule has 0 saturated carbocycles. The second-order valence-electron chi connectivity index (χ2n) is 14.6. The van der Waals surface area contributed by atoms with Gasteiger partial charge in [0.15, 0.2) is 17.5 Å². The van der Waals surface area contributed by atoms with E-state index in [4.69, 9.17) is 15.0 Å². The van der Waals surface area contributed by atoms with Crippen molar-refractivity contribution >= 4 is 21.5 Å². The molecule has 0 saturated heterocycles. The molecule has 0 aliphatic carbocycles. The van der Waals surface area contributed by atoms with Crippen LogP contribution >= 0.6 is 0 Å². The van der Waals surface area contributed by atoms with Crippen molar-refractivity contribution in [2.45, 2.75) is 0 Å². The molecule has 0 bridgehead atoms. The van der Waals surface area contributed by atoms with Gasteiger partial charge in [0.2, 0.25) is 0 Å². The highest BCUT2D eigenvalue weighted by Gasteiger charge is 2.19. The molecule has 0 N–H and O–H groups in total. The number of hydrogen-bond donors (Lipinski definition) is 0. The predicted molar refractivity (Wildman–Crippen MR) is 242 cm³/mol. The Morgan fingerprint density at radius 3 is 1.05 bits per heavy atom. The first-order valence-corrected chi connectivity index (χ1v) is 19.7. The van der Waals surface area contributed by atoms with Gasteiger partial charge in [-0.15, -0.1) is 0 Å².